The van der Waals surface area contributed by atoms with E-state index in [0.29, 0.717) is 24.3 Å². The lowest BCUT2D eigenvalue weighted by molar-refractivity contribution is -0.126. The molecular formula is C23H22N4O2. The Morgan fingerprint density at radius 2 is 1.66 bits per heavy atom. The summed E-state index contributed by atoms with van der Waals surface area (Å²) in [7, 11) is 0. The number of hydrogen-bond donors (Lipinski definition) is 1. The van der Waals surface area contributed by atoms with Crippen molar-refractivity contribution in [2.75, 3.05) is 13.1 Å². The number of amides is 2. The number of piperidine rings is 1. The normalized spacial score (nSPS) is 15.0. The van der Waals surface area contributed by atoms with Crippen molar-refractivity contribution in [2.24, 2.45) is 0 Å². The maximum atomic E-state index is 12.5. The molecule has 1 aromatic heterocycles. The molecule has 3 aromatic rings. The van der Waals surface area contributed by atoms with Crippen molar-refractivity contribution < 1.29 is 9.59 Å². The first-order valence-electron chi connectivity index (χ1n) is 9.74. The summed E-state index contributed by atoms with van der Waals surface area (Å²) < 4.78 is 0. The smallest absolute Gasteiger partial charge is 0.251 e. The lowest BCUT2D eigenvalue weighted by Gasteiger charge is -2.31. The quantitative estimate of drug-likeness (QED) is 0.700. The molecule has 1 aliphatic rings. The third-order valence-corrected chi connectivity index (χ3v) is 5.04. The second kappa shape index (κ2) is 8.65. The number of aromatic nitrogens is 2. The summed E-state index contributed by atoms with van der Waals surface area (Å²) in [5.74, 6) is -0.113. The van der Waals surface area contributed by atoms with Gasteiger partial charge in [-0.2, -0.15) is 0 Å². The van der Waals surface area contributed by atoms with Crippen LogP contribution in [0.5, 0.6) is 0 Å². The predicted molar refractivity (Wildman–Crippen MR) is 112 cm³/mol. The zero-order valence-electron chi connectivity index (χ0n) is 16.0. The van der Waals surface area contributed by atoms with Gasteiger partial charge < -0.3 is 10.2 Å². The van der Waals surface area contributed by atoms with Crippen molar-refractivity contribution in [3.63, 3.8) is 0 Å². The first-order valence-corrected chi connectivity index (χ1v) is 9.74. The summed E-state index contributed by atoms with van der Waals surface area (Å²) in [6.07, 6.45) is 6.39. The monoisotopic (exact) mass is 386 g/mol. The van der Waals surface area contributed by atoms with Gasteiger partial charge in [-0.1, -0.05) is 30.3 Å². The molecule has 1 aliphatic heterocycles. The molecule has 0 saturated carbocycles. The molecule has 2 heterocycles. The third kappa shape index (κ3) is 4.66. The number of para-hydroxylation sites is 2. The molecule has 6 heteroatoms. The van der Waals surface area contributed by atoms with Gasteiger partial charge in [-0.15, -0.1) is 0 Å². The third-order valence-electron chi connectivity index (χ3n) is 5.04. The van der Waals surface area contributed by atoms with Gasteiger partial charge in [-0.05, 0) is 43.2 Å². The molecule has 2 aromatic carbocycles. The van der Waals surface area contributed by atoms with Gasteiger partial charge in [0.15, 0.2) is 0 Å². The Bertz CT molecular complexity index is 1040. The van der Waals surface area contributed by atoms with Crippen molar-refractivity contribution in [1.29, 1.82) is 0 Å². The molecule has 1 N–H and O–H groups in total. The summed E-state index contributed by atoms with van der Waals surface area (Å²) in [5.41, 5.74) is 2.94. The number of carbonyl (C=O) groups excluding carboxylic acids is 2. The molecule has 0 atom stereocenters. The topological polar surface area (TPSA) is 75.2 Å². The van der Waals surface area contributed by atoms with E-state index in [0.717, 1.165) is 23.9 Å². The zero-order valence-corrected chi connectivity index (χ0v) is 16.0. The summed E-state index contributed by atoms with van der Waals surface area (Å²) in [6.45, 7) is 1.23. The van der Waals surface area contributed by atoms with E-state index in [9.17, 15) is 9.59 Å². The largest absolute Gasteiger partial charge is 0.349 e. The molecule has 1 fully saturated rings. The standard InChI is InChI=1S/C23H22N4O2/c28-22(11-10-19-16-24-20-8-4-5-9-21(20)25-19)27-14-12-18(13-15-27)26-23(29)17-6-2-1-3-7-17/h1-11,16,18H,12-15H2,(H,26,29)/b11-10+. The minimum atomic E-state index is -0.0647. The van der Waals surface area contributed by atoms with Gasteiger partial charge in [-0.3, -0.25) is 14.6 Å². The lowest BCUT2D eigenvalue weighted by atomic mass is 10.0. The Balaban J connectivity index is 1.30. The average Bonchev–Trinajstić information content (AvgIpc) is 2.78. The molecule has 29 heavy (non-hydrogen) atoms. The highest BCUT2D eigenvalue weighted by Gasteiger charge is 2.23. The van der Waals surface area contributed by atoms with E-state index in [1.54, 1.807) is 35.4 Å². The van der Waals surface area contributed by atoms with Crippen LogP contribution in [0.25, 0.3) is 17.1 Å². The van der Waals surface area contributed by atoms with Gasteiger partial charge in [0.25, 0.3) is 5.91 Å². The molecule has 0 unspecified atom stereocenters. The van der Waals surface area contributed by atoms with Crippen molar-refractivity contribution in [2.45, 2.75) is 18.9 Å². The number of benzene rings is 2. The SMILES string of the molecule is O=C(NC1CCN(C(=O)/C=C/c2cnc3ccccc3n2)CC1)c1ccccc1. The molecule has 0 radical (unpaired) electrons. The van der Waals surface area contributed by atoms with E-state index in [-0.39, 0.29) is 17.9 Å². The van der Waals surface area contributed by atoms with Gasteiger partial charge in [0.2, 0.25) is 5.91 Å². The summed E-state index contributed by atoms with van der Waals surface area (Å²) in [6, 6.07) is 16.9. The first kappa shape index (κ1) is 18.8. The van der Waals surface area contributed by atoms with Gasteiger partial charge in [-0.25, -0.2) is 4.98 Å². The van der Waals surface area contributed by atoms with Gasteiger partial charge in [0.05, 0.1) is 22.9 Å². The highest BCUT2D eigenvalue weighted by Crippen LogP contribution is 2.13. The maximum absolute atomic E-state index is 12.5. The lowest BCUT2D eigenvalue weighted by Crippen LogP contribution is -2.46. The maximum Gasteiger partial charge on any atom is 0.251 e. The fraction of sp³-hybridized carbons (Fsp3) is 0.217. The number of fused-ring (bicyclic) bond motifs is 1. The van der Waals surface area contributed by atoms with Crippen LogP contribution < -0.4 is 5.32 Å². The van der Waals surface area contributed by atoms with Crippen LogP contribution in [0.15, 0.2) is 66.9 Å². The number of likely N-dealkylation sites (tertiary alicyclic amines) is 1. The molecule has 0 bridgehead atoms. The molecule has 6 nitrogen and oxygen atoms in total. The average molecular weight is 386 g/mol. The predicted octanol–water partition coefficient (Wildman–Crippen LogP) is 3.06. The zero-order chi connectivity index (χ0) is 20.1. The van der Waals surface area contributed by atoms with Gasteiger partial charge in [0, 0.05) is 30.8 Å². The highest BCUT2D eigenvalue weighted by molar-refractivity contribution is 5.94. The number of rotatable bonds is 4. The van der Waals surface area contributed by atoms with Gasteiger partial charge >= 0.3 is 0 Å². The molecule has 4 rings (SSSR count). The van der Waals surface area contributed by atoms with Crippen molar-refractivity contribution >= 4 is 28.9 Å². The fourth-order valence-corrected chi connectivity index (χ4v) is 3.42. The molecule has 2 amide bonds. The molecule has 0 aliphatic carbocycles. The van der Waals surface area contributed by atoms with Crippen molar-refractivity contribution in [3.05, 3.63) is 78.1 Å². The van der Waals surface area contributed by atoms with Crippen LogP contribution in [0.2, 0.25) is 0 Å². The summed E-state index contributed by atoms with van der Waals surface area (Å²) in [4.78, 5) is 35.4. The Kier molecular flexibility index (Phi) is 5.61. The number of nitrogens with one attached hydrogen (secondary N) is 1. The van der Waals surface area contributed by atoms with E-state index in [1.165, 1.54) is 0 Å². The molecular weight excluding hydrogens is 364 g/mol. The minimum absolute atomic E-state index is 0.0483. The Labute approximate surface area is 169 Å². The fourth-order valence-electron chi connectivity index (χ4n) is 3.42. The van der Waals surface area contributed by atoms with E-state index in [2.05, 4.69) is 15.3 Å². The first-order chi connectivity index (χ1) is 14.2. The highest BCUT2D eigenvalue weighted by atomic mass is 16.2. The van der Waals surface area contributed by atoms with Crippen LogP contribution in [0.4, 0.5) is 0 Å². The Hall–Kier alpha value is -3.54. The van der Waals surface area contributed by atoms with Crippen molar-refractivity contribution in [1.82, 2.24) is 20.2 Å². The number of nitrogens with zero attached hydrogens (tertiary/aromatic N) is 3. The van der Waals surface area contributed by atoms with Gasteiger partial charge in [0.1, 0.15) is 0 Å². The summed E-state index contributed by atoms with van der Waals surface area (Å²) >= 11 is 0. The van der Waals surface area contributed by atoms with Crippen LogP contribution in [0, 0.1) is 0 Å². The van der Waals surface area contributed by atoms with Crippen LogP contribution in [-0.2, 0) is 4.79 Å². The number of hydrogen-bond acceptors (Lipinski definition) is 4. The Morgan fingerprint density at radius 3 is 2.41 bits per heavy atom. The second-order valence-electron chi connectivity index (χ2n) is 7.06. The minimum Gasteiger partial charge on any atom is -0.349 e. The van der Waals surface area contributed by atoms with E-state index in [1.807, 2.05) is 42.5 Å². The summed E-state index contributed by atoms with van der Waals surface area (Å²) in [5, 5.41) is 3.06. The van der Waals surface area contributed by atoms with Crippen LogP contribution in [0.3, 0.4) is 0 Å². The van der Waals surface area contributed by atoms with E-state index in [4.69, 9.17) is 0 Å². The van der Waals surface area contributed by atoms with E-state index >= 15 is 0 Å². The van der Waals surface area contributed by atoms with Crippen LogP contribution >= 0.6 is 0 Å². The molecule has 146 valence electrons. The van der Waals surface area contributed by atoms with E-state index < -0.39 is 0 Å². The number of carbonyl (C=O) groups is 2. The Morgan fingerprint density at radius 1 is 0.966 bits per heavy atom. The second-order valence-corrected chi connectivity index (χ2v) is 7.06. The van der Waals surface area contributed by atoms with Crippen LogP contribution in [-0.4, -0.2) is 45.8 Å². The van der Waals surface area contributed by atoms with Crippen molar-refractivity contribution in [3.8, 4) is 0 Å². The molecule has 1 saturated heterocycles. The molecule has 0 spiro atoms. The van der Waals surface area contributed by atoms with Crippen LogP contribution in [0.1, 0.15) is 28.9 Å².